The van der Waals surface area contributed by atoms with E-state index in [-0.39, 0.29) is 0 Å². The number of ether oxygens (including phenoxy) is 1. The lowest BCUT2D eigenvalue weighted by molar-refractivity contribution is 0.302. The molecule has 5 heteroatoms. The Morgan fingerprint density at radius 3 is 2.20 bits per heavy atom. The first-order valence-corrected chi connectivity index (χ1v) is 9.61. The Labute approximate surface area is 175 Å². The van der Waals surface area contributed by atoms with Gasteiger partial charge in [0, 0.05) is 10.9 Å². The summed E-state index contributed by atoms with van der Waals surface area (Å²) in [5.74, 6) is 6.33. The zero-order valence-electron chi connectivity index (χ0n) is 16.4. The number of aromatic nitrogens is 1. The predicted molar refractivity (Wildman–Crippen MR) is 123 cm³/mol. The second-order valence-corrected chi connectivity index (χ2v) is 6.82. The minimum Gasteiger partial charge on any atom is -0.487 e. The summed E-state index contributed by atoms with van der Waals surface area (Å²) in [4.78, 5) is 4.63. The molecule has 0 saturated carbocycles. The van der Waals surface area contributed by atoms with Gasteiger partial charge in [-0.15, -0.1) is 0 Å². The highest BCUT2D eigenvalue weighted by Crippen LogP contribution is 2.17. The molecule has 0 radical (unpaired) electrons. The van der Waals surface area contributed by atoms with Crippen LogP contribution in [0, 0.1) is 0 Å². The number of pyridine rings is 1. The molecule has 0 saturated heterocycles. The molecule has 0 amide bonds. The number of hydrazone groups is 1. The van der Waals surface area contributed by atoms with Gasteiger partial charge < -0.3 is 16.3 Å². The normalized spacial score (nSPS) is 11.8. The fourth-order valence-electron chi connectivity index (χ4n) is 3.05. The van der Waals surface area contributed by atoms with Crippen LogP contribution in [0.5, 0.6) is 5.75 Å². The van der Waals surface area contributed by atoms with E-state index in [4.69, 9.17) is 16.3 Å². The SMILES string of the molecule is N/N=C(\N)c1ccc(/C=C/c2ccc(OCc3ccc4ccccc4n3)cc2)cc1. The van der Waals surface area contributed by atoms with Crippen LogP contribution in [0.2, 0.25) is 0 Å². The van der Waals surface area contributed by atoms with Crippen LogP contribution >= 0.6 is 0 Å². The third kappa shape index (κ3) is 4.64. The van der Waals surface area contributed by atoms with Gasteiger partial charge in [0.1, 0.15) is 18.2 Å². The number of benzene rings is 3. The molecule has 0 fully saturated rings. The number of nitrogens with zero attached hydrogens (tertiary/aromatic N) is 2. The van der Waals surface area contributed by atoms with Gasteiger partial charge in [0.2, 0.25) is 0 Å². The molecule has 0 aliphatic heterocycles. The monoisotopic (exact) mass is 394 g/mol. The summed E-state index contributed by atoms with van der Waals surface area (Å²) in [7, 11) is 0. The Kier molecular flexibility index (Phi) is 5.71. The molecule has 30 heavy (non-hydrogen) atoms. The van der Waals surface area contributed by atoms with E-state index >= 15 is 0 Å². The minimum atomic E-state index is 0.319. The van der Waals surface area contributed by atoms with Crippen molar-refractivity contribution < 1.29 is 4.74 Å². The molecular formula is C25H22N4O. The van der Waals surface area contributed by atoms with E-state index in [1.54, 1.807) is 0 Å². The molecule has 3 aromatic carbocycles. The minimum absolute atomic E-state index is 0.319. The van der Waals surface area contributed by atoms with Gasteiger partial charge in [-0.25, -0.2) is 4.98 Å². The quantitative estimate of drug-likeness (QED) is 0.165. The Balaban J connectivity index is 1.37. The average Bonchev–Trinajstić information content (AvgIpc) is 2.81. The maximum atomic E-state index is 5.89. The van der Waals surface area contributed by atoms with Crippen molar-refractivity contribution in [2.24, 2.45) is 16.7 Å². The van der Waals surface area contributed by atoms with Gasteiger partial charge in [0.05, 0.1) is 11.2 Å². The van der Waals surface area contributed by atoms with Crippen LogP contribution in [0.3, 0.4) is 0 Å². The van der Waals surface area contributed by atoms with Gasteiger partial charge in [0.25, 0.3) is 0 Å². The van der Waals surface area contributed by atoms with Gasteiger partial charge in [-0.05, 0) is 35.4 Å². The largest absolute Gasteiger partial charge is 0.487 e. The lowest BCUT2D eigenvalue weighted by Crippen LogP contribution is -2.15. The number of hydrogen-bond acceptors (Lipinski definition) is 4. The van der Waals surface area contributed by atoms with Crippen molar-refractivity contribution in [1.82, 2.24) is 4.98 Å². The van der Waals surface area contributed by atoms with Crippen LogP contribution in [0.1, 0.15) is 22.4 Å². The fourth-order valence-corrected chi connectivity index (χ4v) is 3.05. The van der Waals surface area contributed by atoms with Gasteiger partial charge in [-0.1, -0.05) is 72.8 Å². The van der Waals surface area contributed by atoms with Crippen LogP contribution in [-0.4, -0.2) is 10.8 Å². The maximum Gasteiger partial charge on any atom is 0.150 e. The van der Waals surface area contributed by atoms with Gasteiger partial charge in [-0.3, -0.25) is 0 Å². The van der Waals surface area contributed by atoms with E-state index in [2.05, 4.69) is 22.2 Å². The lowest BCUT2D eigenvalue weighted by atomic mass is 10.1. The molecular weight excluding hydrogens is 372 g/mol. The Morgan fingerprint density at radius 2 is 1.50 bits per heavy atom. The number of nitrogens with two attached hydrogens (primary N) is 2. The molecule has 1 heterocycles. The summed E-state index contributed by atoms with van der Waals surface area (Å²) in [5, 5.41) is 4.63. The lowest BCUT2D eigenvalue weighted by Gasteiger charge is -2.07. The molecule has 0 atom stereocenters. The summed E-state index contributed by atoms with van der Waals surface area (Å²) in [6, 6.07) is 27.8. The van der Waals surface area contributed by atoms with E-state index in [0.717, 1.165) is 39.0 Å². The zero-order valence-corrected chi connectivity index (χ0v) is 16.4. The van der Waals surface area contributed by atoms with Crippen LogP contribution in [0.4, 0.5) is 0 Å². The summed E-state index contributed by atoms with van der Waals surface area (Å²) in [6.45, 7) is 0.432. The Morgan fingerprint density at radius 1 is 0.833 bits per heavy atom. The van der Waals surface area contributed by atoms with Crippen LogP contribution in [0.25, 0.3) is 23.1 Å². The van der Waals surface area contributed by atoms with Crippen molar-refractivity contribution >= 4 is 28.9 Å². The molecule has 148 valence electrons. The molecule has 1 aromatic heterocycles. The van der Waals surface area contributed by atoms with Crippen molar-refractivity contribution in [1.29, 1.82) is 0 Å². The third-order valence-corrected chi connectivity index (χ3v) is 4.74. The van der Waals surface area contributed by atoms with E-state index < -0.39 is 0 Å². The molecule has 0 unspecified atom stereocenters. The second kappa shape index (κ2) is 8.92. The number of fused-ring (bicyclic) bond motifs is 1. The molecule has 5 nitrogen and oxygen atoms in total. The Bertz CT molecular complexity index is 1200. The maximum absolute atomic E-state index is 5.89. The van der Waals surface area contributed by atoms with Crippen LogP contribution in [0.15, 0.2) is 90.0 Å². The van der Waals surface area contributed by atoms with Gasteiger partial charge in [0.15, 0.2) is 0 Å². The topological polar surface area (TPSA) is 86.5 Å². The number of amidine groups is 1. The van der Waals surface area contributed by atoms with E-state index in [1.165, 1.54) is 0 Å². The highest BCUT2D eigenvalue weighted by molar-refractivity contribution is 5.97. The standard InChI is InChI=1S/C25H22N4O/c26-25(29-27)21-11-7-18(8-12-21)5-6-19-9-15-23(16-10-19)30-17-22-14-13-20-3-1-2-4-24(20)28-22/h1-16H,17,27H2,(H2,26,29)/b6-5+. The molecule has 4 N–H and O–H groups in total. The summed E-state index contributed by atoms with van der Waals surface area (Å²) in [5.41, 5.74) is 10.5. The third-order valence-electron chi connectivity index (χ3n) is 4.74. The zero-order chi connectivity index (χ0) is 20.8. The van der Waals surface area contributed by atoms with Crippen molar-refractivity contribution in [2.75, 3.05) is 0 Å². The van der Waals surface area contributed by atoms with Crippen LogP contribution < -0.4 is 16.3 Å². The van der Waals surface area contributed by atoms with Crippen molar-refractivity contribution in [3.05, 3.63) is 107 Å². The molecule has 0 aliphatic rings. The molecule has 0 bridgehead atoms. The van der Waals surface area contributed by atoms with E-state index in [9.17, 15) is 0 Å². The van der Waals surface area contributed by atoms with Crippen molar-refractivity contribution in [2.45, 2.75) is 6.61 Å². The molecule has 4 rings (SSSR count). The average molecular weight is 394 g/mol. The van der Waals surface area contributed by atoms with Crippen LogP contribution in [-0.2, 0) is 6.61 Å². The first kappa shape index (κ1) is 19.2. The fraction of sp³-hybridized carbons (Fsp3) is 0.0400. The highest BCUT2D eigenvalue weighted by atomic mass is 16.5. The smallest absolute Gasteiger partial charge is 0.150 e. The highest BCUT2D eigenvalue weighted by Gasteiger charge is 2.00. The molecule has 4 aromatic rings. The van der Waals surface area contributed by atoms with E-state index in [0.29, 0.717) is 12.4 Å². The van der Waals surface area contributed by atoms with Gasteiger partial charge >= 0.3 is 0 Å². The van der Waals surface area contributed by atoms with E-state index in [1.807, 2.05) is 84.9 Å². The van der Waals surface area contributed by atoms with Gasteiger partial charge in [-0.2, -0.15) is 5.10 Å². The van der Waals surface area contributed by atoms with Crippen molar-refractivity contribution in [3.63, 3.8) is 0 Å². The summed E-state index contributed by atoms with van der Waals surface area (Å²) >= 11 is 0. The molecule has 0 spiro atoms. The summed E-state index contributed by atoms with van der Waals surface area (Å²) in [6.07, 6.45) is 4.08. The predicted octanol–water partition coefficient (Wildman–Crippen LogP) is 4.56. The second-order valence-electron chi connectivity index (χ2n) is 6.82. The number of hydrogen-bond donors (Lipinski definition) is 2. The van der Waals surface area contributed by atoms with Crippen molar-refractivity contribution in [3.8, 4) is 5.75 Å². The Hall–Kier alpha value is -4.12. The molecule has 0 aliphatic carbocycles. The number of para-hydroxylation sites is 1. The number of rotatable bonds is 6. The first-order valence-electron chi connectivity index (χ1n) is 9.61. The first-order chi connectivity index (χ1) is 14.7. The summed E-state index contributed by atoms with van der Waals surface area (Å²) < 4.78 is 5.89.